The molecule has 13 heavy (non-hydrogen) atoms. The highest BCUT2D eigenvalue weighted by Crippen LogP contribution is 2.26. The van der Waals surface area contributed by atoms with Crippen LogP contribution in [0.4, 0.5) is 0 Å². The van der Waals surface area contributed by atoms with E-state index >= 15 is 0 Å². The van der Waals surface area contributed by atoms with Crippen molar-refractivity contribution in [2.24, 2.45) is 5.92 Å². The van der Waals surface area contributed by atoms with Crippen molar-refractivity contribution in [1.29, 1.82) is 0 Å². The molecule has 4 nitrogen and oxygen atoms in total. The van der Waals surface area contributed by atoms with E-state index in [1.54, 1.807) is 6.20 Å². The van der Waals surface area contributed by atoms with Crippen LogP contribution in [0.15, 0.2) is 12.5 Å². The number of fused-ring (bicyclic) bond motifs is 1. The Bertz CT molecular complexity index is 313. The molecule has 1 atom stereocenters. The minimum Gasteiger partial charge on any atom is -0.481 e. The Labute approximate surface area is 75.6 Å². The third kappa shape index (κ3) is 1.66. The van der Waals surface area contributed by atoms with Crippen molar-refractivity contribution in [2.75, 3.05) is 0 Å². The zero-order valence-electron chi connectivity index (χ0n) is 7.10. The van der Waals surface area contributed by atoms with Gasteiger partial charge < -0.3 is 5.11 Å². The smallest absolute Gasteiger partial charge is 0.303 e. The number of hydrogen-bond acceptors (Lipinski definition) is 3. The van der Waals surface area contributed by atoms with Crippen LogP contribution in [0.5, 0.6) is 0 Å². The van der Waals surface area contributed by atoms with E-state index < -0.39 is 5.97 Å². The van der Waals surface area contributed by atoms with Gasteiger partial charge in [-0.05, 0) is 24.3 Å². The molecule has 1 heterocycles. The van der Waals surface area contributed by atoms with Gasteiger partial charge in [0.05, 0.1) is 0 Å². The van der Waals surface area contributed by atoms with Crippen molar-refractivity contribution >= 4 is 5.97 Å². The predicted octanol–water partition coefficient (Wildman–Crippen LogP) is 0.666. The average Bonchev–Trinajstić information content (AvgIpc) is 2.44. The Balaban J connectivity index is 2.09. The van der Waals surface area contributed by atoms with Gasteiger partial charge in [0.1, 0.15) is 6.33 Å². The Morgan fingerprint density at radius 2 is 2.46 bits per heavy atom. The highest BCUT2D eigenvalue weighted by Gasteiger charge is 2.24. The summed E-state index contributed by atoms with van der Waals surface area (Å²) in [7, 11) is 0. The van der Waals surface area contributed by atoms with E-state index in [1.165, 1.54) is 6.33 Å². The normalized spacial score (nSPS) is 19.8. The molecule has 4 heteroatoms. The fraction of sp³-hybridized carbons (Fsp3) is 0.444. The second-order valence-corrected chi connectivity index (χ2v) is 3.37. The maximum Gasteiger partial charge on any atom is 0.303 e. The van der Waals surface area contributed by atoms with Crippen LogP contribution in [0.1, 0.15) is 17.7 Å². The first-order valence-electron chi connectivity index (χ1n) is 4.25. The summed E-state index contributed by atoms with van der Waals surface area (Å²) in [4.78, 5) is 18.5. The third-order valence-corrected chi connectivity index (χ3v) is 2.34. The quantitative estimate of drug-likeness (QED) is 0.722. The number of carboxylic acids is 1. The summed E-state index contributed by atoms with van der Waals surface area (Å²) in [5.41, 5.74) is 2.12. The lowest BCUT2D eigenvalue weighted by atomic mass is 10.0. The molecular formula is C9H10N2O2. The van der Waals surface area contributed by atoms with Gasteiger partial charge in [-0.2, -0.15) is 0 Å². The fourth-order valence-corrected chi connectivity index (χ4v) is 1.79. The zero-order valence-corrected chi connectivity index (χ0v) is 7.10. The number of nitrogens with zero attached hydrogens (tertiary/aromatic N) is 2. The van der Waals surface area contributed by atoms with Crippen molar-refractivity contribution in [3.05, 3.63) is 23.8 Å². The van der Waals surface area contributed by atoms with Crippen LogP contribution in [0, 0.1) is 5.92 Å². The summed E-state index contributed by atoms with van der Waals surface area (Å²) in [6.07, 6.45) is 5.12. The van der Waals surface area contributed by atoms with Crippen LogP contribution in [-0.4, -0.2) is 21.0 Å². The SMILES string of the molecule is O=C(O)CC1Cc2cncnc2C1. The molecule has 68 valence electrons. The molecule has 1 N–H and O–H groups in total. The van der Waals surface area contributed by atoms with Gasteiger partial charge in [-0.25, -0.2) is 9.97 Å². The number of rotatable bonds is 2. The maximum atomic E-state index is 10.5. The van der Waals surface area contributed by atoms with Crippen LogP contribution in [-0.2, 0) is 17.6 Å². The first-order valence-corrected chi connectivity index (χ1v) is 4.25. The van der Waals surface area contributed by atoms with E-state index in [4.69, 9.17) is 5.11 Å². The summed E-state index contributed by atoms with van der Waals surface area (Å²) in [6.45, 7) is 0. The monoisotopic (exact) mass is 178 g/mol. The minimum atomic E-state index is -0.731. The van der Waals surface area contributed by atoms with Crippen LogP contribution < -0.4 is 0 Å². The lowest BCUT2D eigenvalue weighted by molar-refractivity contribution is -0.138. The summed E-state index contributed by atoms with van der Waals surface area (Å²) >= 11 is 0. The third-order valence-electron chi connectivity index (χ3n) is 2.34. The molecular weight excluding hydrogens is 168 g/mol. The van der Waals surface area contributed by atoms with Gasteiger partial charge in [-0.15, -0.1) is 0 Å². The first-order chi connectivity index (χ1) is 6.25. The molecule has 2 rings (SSSR count). The number of carbonyl (C=O) groups is 1. The predicted molar refractivity (Wildman–Crippen MR) is 45.2 cm³/mol. The molecule has 1 aromatic rings. The van der Waals surface area contributed by atoms with Crippen molar-refractivity contribution in [2.45, 2.75) is 19.3 Å². The molecule has 0 bridgehead atoms. The standard InChI is InChI=1S/C9H10N2O2/c12-9(13)3-6-1-7-4-10-5-11-8(7)2-6/h4-6H,1-3H2,(H,12,13). The van der Waals surface area contributed by atoms with Gasteiger partial charge in [0.25, 0.3) is 0 Å². The maximum absolute atomic E-state index is 10.5. The zero-order chi connectivity index (χ0) is 9.26. The fourth-order valence-electron chi connectivity index (χ4n) is 1.79. The molecule has 0 saturated carbocycles. The van der Waals surface area contributed by atoms with Crippen LogP contribution in [0.3, 0.4) is 0 Å². The molecule has 1 aliphatic rings. The topological polar surface area (TPSA) is 63.1 Å². The van der Waals surface area contributed by atoms with Crippen LogP contribution in [0.25, 0.3) is 0 Å². The number of carboxylic acid groups (broad SMARTS) is 1. The second kappa shape index (κ2) is 3.12. The molecule has 0 saturated heterocycles. The highest BCUT2D eigenvalue weighted by molar-refractivity contribution is 5.67. The van der Waals surface area contributed by atoms with Crippen molar-refractivity contribution < 1.29 is 9.90 Å². The van der Waals surface area contributed by atoms with Crippen LogP contribution >= 0.6 is 0 Å². The Kier molecular flexibility index (Phi) is 1.96. The minimum absolute atomic E-state index is 0.212. The molecule has 0 spiro atoms. The highest BCUT2D eigenvalue weighted by atomic mass is 16.4. The Morgan fingerprint density at radius 1 is 1.62 bits per heavy atom. The van der Waals surface area contributed by atoms with Gasteiger partial charge in [-0.3, -0.25) is 4.79 Å². The summed E-state index contributed by atoms with van der Waals surface area (Å²) in [5.74, 6) is -0.519. The van der Waals surface area contributed by atoms with Gasteiger partial charge in [0, 0.05) is 18.3 Å². The first kappa shape index (κ1) is 8.16. The number of aliphatic carboxylic acids is 1. The number of aromatic nitrogens is 2. The lowest BCUT2D eigenvalue weighted by Gasteiger charge is -2.02. The van der Waals surface area contributed by atoms with Crippen LogP contribution in [0.2, 0.25) is 0 Å². The summed E-state index contributed by atoms with van der Waals surface area (Å²) in [5, 5.41) is 8.62. The molecule has 1 unspecified atom stereocenters. The van der Waals surface area contributed by atoms with Crippen molar-refractivity contribution in [3.8, 4) is 0 Å². The summed E-state index contributed by atoms with van der Waals surface area (Å²) < 4.78 is 0. The lowest BCUT2D eigenvalue weighted by Crippen LogP contribution is -2.07. The van der Waals surface area contributed by atoms with E-state index in [9.17, 15) is 4.79 Å². The summed E-state index contributed by atoms with van der Waals surface area (Å²) in [6, 6.07) is 0. The molecule has 0 aliphatic heterocycles. The van der Waals surface area contributed by atoms with E-state index in [1.807, 2.05) is 0 Å². The molecule has 1 aliphatic carbocycles. The van der Waals surface area contributed by atoms with E-state index in [-0.39, 0.29) is 12.3 Å². The average molecular weight is 178 g/mol. The molecule has 0 radical (unpaired) electrons. The molecule has 0 fully saturated rings. The van der Waals surface area contributed by atoms with E-state index in [0.717, 1.165) is 24.1 Å². The van der Waals surface area contributed by atoms with E-state index in [2.05, 4.69) is 9.97 Å². The molecule has 0 aromatic carbocycles. The second-order valence-electron chi connectivity index (χ2n) is 3.37. The van der Waals surface area contributed by atoms with Crippen molar-refractivity contribution in [1.82, 2.24) is 9.97 Å². The molecule has 0 amide bonds. The Morgan fingerprint density at radius 3 is 3.15 bits per heavy atom. The van der Waals surface area contributed by atoms with Gasteiger partial charge in [0.15, 0.2) is 0 Å². The van der Waals surface area contributed by atoms with E-state index in [0.29, 0.717) is 0 Å². The van der Waals surface area contributed by atoms with Gasteiger partial charge in [-0.1, -0.05) is 0 Å². The Hall–Kier alpha value is -1.45. The largest absolute Gasteiger partial charge is 0.481 e. The van der Waals surface area contributed by atoms with Gasteiger partial charge >= 0.3 is 5.97 Å². The number of hydrogen-bond donors (Lipinski definition) is 1. The van der Waals surface area contributed by atoms with Crippen molar-refractivity contribution in [3.63, 3.8) is 0 Å². The molecule has 1 aromatic heterocycles. The van der Waals surface area contributed by atoms with Gasteiger partial charge in [0.2, 0.25) is 0 Å².